The summed E-state index contributed by atoms with van der Waals surface area (Å²) in [7, 11) is 1.59. The van der Waals surface area contributed by atoms with Gasteiger partial charge < -0.3 is 25.8 Å². The Morgan fingerprint density at radius 1 is 1.39 bits per heavy atom. The molecule has 3 heterocycles. The molecule has 31 heavy (non-hydrogen) atoms. The number of rotatable bonds is 7. The van der Waals surface area contributed by atoms with Gasteiger partial charge in [-0.15, -0.1) is 0 Å². The third-order valence-corrected chi connectivity index (χ3v) is 5.82. The smallest absolute Gasteiger partial charge is 0.256 e. The molecule has 1 aromatic carbocycles. The van der Waals surface area contributed by atoms with Crippen LogP contribution < -0.4 is 20.7 Å². The van der Waals surface area contributed by atoms with Gasteiger partial charge in [-0.25, -0.2) is 0 Å². The molecule has 164 valence electrons. The summed E-state index contributed by atoms with van der Waals surface area (Å²) in [5, 5.41) is 27.4. The topological polar surface area (TPSA) is 107 Å². The number of nitrogens with zero attached hydrogens (tertiary/aromatic N) is 2. The number of aliphatic hydroxyl groups excluding tert-OH is 1. The molecule has 0 saturated carbocycles. The van der Waals surface area contributed by atoms with E-state index in [0.29, 0.717) is 11.3 Å². The van der Waals surface area contributed by atoms with Crippen molar-refractivity contribution in [1.29, 1.82) is 0 Å². The number of dihydropyridines is 1. The fourth-order valence-corrected chi connectivity index (χ4v) is 4.10. The number of carbonyl (C=O) groups excluding carboxylic acids is 1. The van der Waals surface area contributed by atoms with Crippen molar-refractivity contribution in [1.82, 2.24) is 16.0 Å². The average Bonchev–Trinajstić information content (AvgIpc) is 3.26. The predicted molar refractivity (Wildman–Crippen MR) is 120 cm³/mol. The van der Waals surface area contributed by atoms with Crippen LogP contribution in [0.25, 0.3) is 0 Å². The third kappa shape index (κ3) is 4.70. The Balaban J connectivity index is 1.45. The lowest BCUT2D eigenvalue weighted by atomic mass is 9.91. The standard InChI is InChI=1S/C23H29N5O3/c1-14(13-29)8-17-12-25-28-22(17)19-4-3-5-21(26-19)27-23(30)18-9-16-11-24-7-6-15(16)10-20(18)31-2/h3-5,9-10,12,14,17,21,24,26,29H,6-8,11,13H2,1-2H3,(H,27,30)/t14-,17?,21?/m0/s1. The van der Waals surface area contributed by atoms with Crippen LogP contribution in [0, 0.1) is 11.8 Å². The van der Waals surface area contributed by atoms with Crippen molar-refractivity contribution in [2.45, 2.75) is 32.5 Å². The van der Waals surface area contributed by atoms with E-state index in [1.165, 1.54) is 5.56 Å². The van der Waals surface area contributed by atoms with Crippen LogP contribution in [0.2, 0.25) is 0 Å². The van der Waals surface area contributed by atoms with Crippen LogP contribution in [0.15, 0.2) is 46.3 Å². The number of amides is 1. The van der Waals surface area contributed by atoms with Crippen molar-refractivity contribution in [2.75, 3.05) is 20.3 Å². The van der Waals surface area contributed by atoms with Crippen LogP contribution >= 0.6 is 0 Å². The first-order chi connectivity index (χ1) is 15.1. The molecule has 4 N–H and O–H groups in total. The first-order valence-electron chi connectivity index (χ1n) is 10.7. The van der Waals surface area contributed by atoms with Crippen molar-refractivity contribution >= 4 is 17.8 Å². The van der Waals surface area contributed by atoms with Gasteiger partial charge in [-0.1, -0.05) is 13.0 Å². The molecule has 8 nitrogen and oxygen atoms in total. The van der Waals surface area contributed by atoms with Crippen molar-refractivity contribution in [2.24, 2.45) is 22.0 Å². The van der Waals surface area contributed by atoms with E-state index >= 15 is 0 Å². The molecule has 0 fully saturated rings. The molecule has 0 aliphatic carbocycles. The lowest BCUT2D eigenvalue weighted by Gasteiger charge is -2.26. The number of ether oxygens (including phenoxy) is 1. The maximum atomic E-state index is 13.1. The second-order valence-electron chi connectivity index (χ2n) is 8.19. The first kappa shape index (κ1) is 21.3. The molecule has 3 aliphatic heterocycles. The number of nitrogens with one attached hydrogen (secondary N) is 3. The summed E-state index contributed by atoms with van der Waals surface area (Å²) in [6.07, 6.45) is 8.83. The highest BCUT2D eigenvalue weighted by Gasteiger charge is 2.27. The minimum atomic E-state index is -0.384. The minimum Gasteiger partial charge on any atom is -0.496 e. The van der Waals surface area contributed by atoms with Crippen molar-refractivity contribution in [3.8, 4) is 5.75 Å². The number of allylic oxidation sites excluding steroid dienone is 3. The predicted octanol–water partition coefficient (Wildman–Crippen LogP) is 1.52. The molecule has 0 bridgehead atoms. The van der Waals surface area contributed by atoms with E-state index in [2.05, 4.69) is 26.2 Å². The van der Waals surface area contributed by atoms with Crippen LogP contribution in [0.4, 0.5) is 0 Å². The fraction of sp³-hybridized carbons (Fsp3) is 0.435. The van der Waals surface area contributed by atoms with Gasteiger partial charge >= 0.3 is 0 Å². The van der Waals surface area contributed by atoms with Gasteiger partial charge in [0.25, 0.3) is 5.91 Å². The number of fused-ring (bicyclic) bond motifs is 1. The SMILES string of the molecule is COc1cc2c(cc1C(=O)NC1C=CC=C(C3=NN=CC3C[C@H](C)CO)N1)CNCC2. The summed E-state index contributed by atoms with van der Waals surface area (Å²) in [5.74, 6) is 0.571. The lowest BCUT2D eigenvalue weighted by Crippen LogP contribution is -2.46. The maximum absolute atomic E-state index is 13.1. The van der Waals surface area contributed by atoms with Gasteiger partial charge in [-0.2, -0.15) is 10.2 Å². The largest absolute Gasteiger partial charge is 0.496 e. The van der Waals surface area contributed by atoms with E-state index in [1.54, 1.807) is 7.11 Å². The Labute approximate surface area is 182 Å². The first-order valence-corrected chi connectivity index (χ1v) is 10.7. The maximum Gasteiger partial charge on any atom is 0.256 e. The second-order valence-corrected chi connectivity index (χ2v) is 8.19. The van der Waals surface area contributed by atoms with Crippen LogP contribution in [-0.4, -0.2) is 49.4 Å². The van der Waals surface area contributed by atoms with E-state index in [1.807, 2.05) is 43.5 Å². The summed E-state index contributed by atoms with van der Waals surface area (Å²) in [6.45, 7) is 3.80. The lowest BCUT2D eigenvalue weighted by molar-refractivity contribution is 0.0937. The van der Waals surface area contributed by atoms with Crippen molar-refractivity contribution in [3.05, 3.63) is 52.7 Å². The van der Waals surface area contributed by atoms with Crippen LogP contribution in [0.3, 0.4) is 0 Å². The molecule has 4 rings (SSSR count). The summed E-state index contributed by atoms with van der Waals surface area (Å²) >= 11 is 0. The van der Waals surface area contributed by atoms with Crippen molar-refractivity contribution < 1.29 is 14.6 Å². The number of carbonyl (C=O) groups is 1. The molecule has 0 spiro atoms. The molecule has 0 saturated heterocycles. The molecule has 1 aromatic rings. The van der Waals surface area contributed by atoms with Gasteiger partial charge in [0.15, 0.2) is 0 Å². The molecule has 0 aromatic heterocycles. The van der Waals surface area contributed by atoms with E-state index in [-0.39, 0.29) is 30.5 Å². The molecule has 3 atom stereocenters. The van der Waals surface area contributed by atoms with Crippen LogP contribution in [0.1, 0.15) is 34.8 Å². The van der Waals surface area contributed by atoms with Gasteiger partial charge in [0.1, 0.15) is 11.9 Å². The van der Waals surface area contributed by atoms with Crippen molar-refractivity contribution in [3.63, 3.8) is 0 Å². The average molecular weight is 424 g/mol. The minimum absolute atomic E-state index is 0.0389. The molecule has 1 amide bonds. The molecule has 8 heteroatoms. The van der Waals surface area contributed by atoms with Gasteiger partial charge in [0.05, 0.1) is 24.1 Å². The van der Waals surface area contributed by atoms with E-state index in [4.69, 9.17) is 4.74 Å². The van der Waals surface area contributed by atoms with Gasteiger partial charge in [0, 0.05) is 25.3 Å². The third-order valence-electron chi connectivity index (χ3n) is 5.82. The Bertz CT molecular complexity index is 966. The van der Waals surface area contributed by atoms with E-state index < -0.39 is 0 Å². The zero-order valence-corrected chi connectivity index (χ0v) is 17.9. The van der Waals surface area contributed by atoms with E-state index in [0.717, 1.165) is 42.9 Å². The molecular weight excluding hydrogens is 394 g/mol. The summed E-state index contributed by atoms with van der Waals surface area (Å²) in [6, 6.07) is 3.89. The quantitative estimate of drug-likeness (QED) is 0.532. The van der Waals surface area contributed by atoms with Crippen LogP contribution in [0.5, 0.6) is 5.75 Å². The number of hydrogen-bond acceptors (Lipinski definition) is 7. The Kier molecular flexibility index (Phi) is 6.48. The highest BCUT2D eigenvalue weighted by molar-refractivity contribution is 6.11. The van der Waals surface area contributed by atoms with Crippen LogP contribution in [-0.2, 0) is 13.0 Å². The number of hydrogen-bond donors (Lipinski definition) is 4. The molecule has 3 aliphatic rings. The summed E-state index contributed by atoms with van der Waals surface area (Å²) in [4.78, 5) is 13.1. The molecule has 2 unspecified atom stereocenters. The fourth-order valence-electron chi connectivity index (χ4n) is 4.10. The normalized spacial score (nSPS) is 22.8. The van der Waals surface area contributed by atoms with E-state index in [9.17, 15) is 9.90 Å². The Hall–Kier alpha value is -2.97. The van der Waals surface area contributed by atoms with Gasteiger partial charge in [-0.3, -0.25) is 4.79 Å². The molecule has 0 radical (unpaired) electrons. The number of aliphatic hydroxyl groups is 1. The Morgan fingerprint density at radius 2 is 2.26 bits per heavy atom. The molecular formula is C23H29N5O3. The van der Waals surface area contributed by atoms with Gasteiger partial charge in [0.2, 0.25) is 0 Å². The zero-order chi connectivity index (χ0) is 21.8. The highest BCUT2D eigenvalue weighted by Crippen LogP contribution is 2.26. The summed E-state index contributed by atoms with van der Waals surface area (Å²) in [5.41, 5.74) is 4.51. The zero-order valence-electron chi connectivity index (χ0n) is 17.9. The Morgan fingerprint density at radius 3 is 3.06 bits per heavy atom. The number of methoxy groups -OCH3 is 1. The number of benzene rings is 1. The highest BCUT2D eigenvalue weighted by atomic mass is 16.5. The summed E-state index contributed by atoms with van der Waals surface area (Å²) < 4.78 is 5.50. The van der Waals surface area contributed by atoms with Gasteiger partial charge in [-0.05, 0) is 60.7 Å². The monoisotopic (exact) mass is 423 g/mol. The second kappa shape index (κ2) is 9.45.